The zero-order valence-electron chi connectivity index (χ0n) is 13.0. The Labute approximate surface area is 137 Å². The molecule has 132 valence electrons. The molecule has 1 amide bonds. The number of aliphatic carboxylic acids is 1. The lowest BCUT2D eigenvalue weighted by Crippen LogP contribution is -2.40. The normalized spacial score (nSPS) is 12.8. The van der Waals surface area contributed by atoms with Gasteiger partial charge in [0.15, 0.2) is 0 Å². The molecule has 1 atom stereocenters. The number of allylic oxidation sites excluding steroid dienone is 1. The maximum atomic E-state index is 12.3. The van der Waals surface area contributed by atoms with Gasteiger partial charge in [-0.25, -0.2) is 4.79 Å². The number of amides is 1. The van der Waals surface area contributed by atoms with Crippen LogP contribution >= 0.6 is 0 Å². The van der Waals surface area contributed by atoms with Crippen LogP contribution in [0.15, 0.2) is 36.4 Å². The van der Waals surface area contributed by atoms with Gasteiger partial charge >= 0.3 is 12.3 Å². The van der Waals surface area contributed by atoms with E-state index < -0.39 is 24.3 Å². The van der Waals surface area contributed by atoms with E-state index in [4.69, 9.17) is 5.11 Å². The van der Waals surface area contributed by atoms with Crippen LogP contribution in [-0.4, -0.2) is 29.4 Å². The molecule has 24 heavy (non-hydrogen) atoms. The summed E-state index contributed by atoms with van der Waals surface area (Å²) in [6.45, 7) is 1.72. The second-order valence-electron chi connectivity index (χ2n) is 4.92. The monoisotopic (exact) mass is 345 g/mol. The highest BCUT2D eigenvalue weighted by Gasteiger charge is 2.32. The van der Waals surface area contributed by atoms with E-state index in [2.05, 4.69) is 10.1 Å². The molecular formula is C16H18F3NO4. The number of rotatable bonds is 8. The van der Waals surface area contributed by atoms with E-state index >= 15 is 0 Å². The predicted molar refractivity (Wildman–Crippen MR) is 80.4 cm³/mol. The molecular weight excluding hydrogens is 327 g/mol. The van der Waals surface area contributed by atoms with E-state index in [0.717, 1.165) is 6.07 Å². The number of nitrogens with one attached hydrogen (secondary N) is 1. The quantitative estimate of drug-likeness (QED) is 0.710. The smallest absolute Gasteiger partial charge is 0.480 e. The molecule has 0 saturated carbocycles. The highest BCUT2D eigenvalue weighted by atomic mass is 19.4. The minimum atomic E-state index is -4.82. The molecule has 0 aliphatic carbocycles. The molecule has 0 fully saturated rings. The average molecular weight is 345 g/mol. The zero-order valence-corrected chi connectivity index (χ0v) is 13.0. The number of alkyl halides is 3. The highest BCUT2D eigenvalue weighted by molar-refractivity contribution is 5.83. The topological polar surface area (TPSA) is 75.6 Å². The number of carbonyl (C=O) groups excluding carboxylic acids is 1. The molecule has 0 heterocycles. The number of carboxylic acids is 1. The molecule has 0 bridgehead atoms. The summed E-state index contributed by atoms with van der Waals surface area (Å²) in [5, 5.41) is 11.3. The summed E-state index contributed by atoms with van der Waals surface area (Å²) in [4.78, 5) is 22.9. The molecule has 1 rings (SSSR count). The third-order valence-corrected chi connectivity index (χ3v) is 3.06. The van der Waals surface area contributed by atoms with E-state index in [1.54, 1.807) is 19.1 Å². The third-order valence-electron chi connectivity index (χ3n) is 3.06. The third kappa shape index (κ3) is 7.17. The van der Waals surface area contributed by atoms with Crippen molar-refractivity contribution in [2.75, 3.05) is 0 Å². The van der Waals surface area contributed by atoms with Gasteiger partial charge in [-0.1, -0.05) is 30.4 Å². The number of hydrogen-bond donors (Lipinski definition) is 2. The first-order valence-electron chi connectivity index (χ1n) is 7.20. The maximum Gasteiger partial charge on any atom is 0.573 e. The Bertz CT molecular complexity index is 599. The van der Waals surface area contributed by atoms with Gasteiger partial charge in [0.05, 0.1) is 0 Å². The molecule has 0 spiro atoms. The molecule has 1 unspecified atom stereocenters. The maximum absolute atomic E-state index is 12.3. The van der Waals surface area contributed by atoms with E-state index in [1.807, 2.05) is 0 Å². The summed E-state index contributed by atoms with van der Waals surface area (Å²) >= 11 is 0. The van der Waals surface area contributed by atoms with Crippen molar-refractivity contribution in [2.45, 2.75) is 38.6 Å². The predicted octanol–water partition coefficient (Wildman–Crippen LogP) is 3.05. The standard InChI is InChI=1S/C16H18F3NO4/c1-2-3-7-12(15(22)23)20-14(21)10-9-11-6-4-5-8-13(11)24-16(17,18)19/h2-6,8,12H,7,9-10H2,1H3,(H,20,21)(H,22,23)/b3-2+. The summed E-state index contributed by atoms with van der Waals surface area (Å²) < 4.78 is 40.9. The molecule has 0 aliphatic rings. The van der Waals surface area contributed by atoms with E-state index in [-0.39, 0.29) is 30.6 Å². The Morgan fingerprint density at radius 1 is 1.33 bits per heavy atom. The van der Waals surface area contributed by atoms with Crippen molar-refractivity contribution in [3.8, 4) is 5.75 Å². The number of aryl methyl sites for hydroxylation is 1. The fraction of sp³-hybridized carbons (Fsp3) is 0.375. The number of ether oxygens (including phenoxy) is 1. The van der Waals surface area contributed by atoms with Gasteiger partial charge in [-0.2, -0.15) is 0 Å². The Morgan fingerprint density at radius 3 is 2.58 bits per heavy atom. The van der Waals surface area contributed by atoms with Crippen molar-refractivity contribution in [3.05, 3.63) is 42.0 Å². The first-order valence-corrected chi connectivity index (χ1v) is 7.20. The second-order valence-corrected chi connectivity index (χ2v) is 4.92. The van der Waals surface area contributed by atoms with Crippen molar-refractivity contribution < 1.29 is 32.6 Å². The van der Waals surface area contributed by atoms with Gasteiger partial charge in [0.25, 0.3) is 0 Å². The molecule has 0 aliphatic heterocycles. The fourth-order valence-electron chi connectivity index (χ4n) is 1.94. The summed E-state index contributed by atoms with van der Waals surface area (Å²) in [6, 6.07) is 4.43. The largest absolute Gasteiger partial charge is 0.573 e. The molecule has 0 saturated heterocycles. The van der Waals surface area contributed by atoms with Crippen molar-refractivity contribution >= 4 is 11.9 Å². The van der Waals surface area contributed by atoms with Crippen LogP contribution in [0.1, 0.15) is 25.3 Å². The van der Waals surface area contributed by atoms with Crippen molar-refractivity contribution in [2.24, 2.45) is 0 Å². The molecule has 5 nitrogen and oxygen atoms in total. The lowest BCUT2D eigenvalue weighted by atomic mass is 10.1. The highest BCUT2D eigenvalue weighted by Crippen LogP contribution is 2.26. The molecule has 1 aromatic carbocycles. The Morgan fingerprint density at radius 2 is 2.00 bits per heavy atom. The second kappa shape index (κ2) is 8.95. The minimum absolute atomic E-state index is 0.00591. The van der Waals surface area contributed by atoms with Crippen LogP contribution < -0.4 is 10.1 Å². The van der Waals surface area contributed by atoms with Gasteiger partial charge < -0.3 is 15.2 Å². The number of hydrogen-bond acceptors (Lipinski definition) is 3. The van der Waals surface area contributed by atoms with Crippen LogP contribution in [0.25, 0.3) is 0 Å². The summed E-state index contributed by atoms with van der Waals surface area (Å²) in [7, 11) is 0. The van der Waals surface area contributed by atoms with Gasteiger partial charge in [-0.15, -0.1) is 13.2 Å². The lowest BCUT2D eigenvalue weighted by Gasteiger charge is -2.14. The first-order chi connectivity index (χ1) is 11.2. The number of halogens is 3. The molecule has 1 aromatic rings. The number of carbonyl (C=O) groups is 2. The van der Waals surface area contributed by atoms with Crippen LogP contribution in [0.2, 0.25) is 0 Å². The minimum Gasteiger partial charge on any atom is -0.480 e. The average Bonchev–Trinajstić information content (AvgIpc) is 2.48. The zero-order chi connectivity index (χ0) is 18.2. The summed E-state index contributed by atoms with van der Waals surface area (Å²) in [5.74, 6) is -2.11. The van der Waals surface area contributed by atoms with Crippen molar-refractivity contribution in [1.82, 2.24) is 5.32 Å². The Kier molecular flexibility index (Phi) is 7.29. The fourth-order valence-corrected chi connectivity index (χ4v) is 1.94. The van der Waals surface area contributed by atoms with Gasteiger partial charge in [0.2, 0.25) is 5.91 Å². The van der Waals surface area contributed by atoms with Crippen LogP contribution in [0, 0.1) is 0 Å². The van der Waals surface area contributed by atoms with E-state index in [1.165, 1.54) is 18.2 Å². The summed E-state index contributed by atoms with van der Waals surface area (Å²) in [6.07, 6.45) is -1.59. The van der Waals surface area contributed by atoms with Crippen molar-refractivity contribution in [1.29, 1.82) is 0 Å². The van der Waals surface area contributed by atoms with Crippen LogP contribution in [0.4, 0.5) is 13.2 Å². The van der Waals surface area contributed by atoms with Crippen molar-refractivity contribution in [3.63, 3.8) is 0 Å². The summed E-state index contributed by atoms with van der Waals surface area (Å²) in [5.41, 5.74) is 0.213. The number of para-hydroxylation sites is 1. The first kappa shape index (κ1) is 19.5. The van der Waals surface area contributed by atoms with E-state index in [0.29, 0.717) is 0 Å². The molecule has 0 radical (unpaired) electrons. The van der Waals surface area contributed by atoms with Crippen LogP contribution in [0.5, 0.6) is 5.75 Å². The van der Waals surface area contributed by atoms with Crippen LogP contribution in [-0.2, 0) is 16.0 Å². The lowest BCUT2D eigenvalue weighted by molar-refractivity contribution is -0.274. The Balaban J connectivity index is 2.65. The van der Waals surface area contributed by atoms with Gasteiger partial charge in [-0.3, -0.25) is 4.79 Å². The molecule has 8 heteroatoms. The SMILES string of the molecule is C/C=C/CC(NC(=O)CCc1ccccc1OC(F)(F)F)C(=O)O. The number of carboxylic acid groups (broad SMARTS) is 1. The van der Waals surface area contributed by atoms with Crippen LogP contribution in [0.3, 0.4) is 0 Å². The van der Waals surface area contributed by atoms with Gasteiger partial charge in [0, 0.05) is 6.42 Å². The molecule has 2 N–H and O–H groups in total. The van der Waals surface area contributed by atoms with E-state index in [9.17, 15) is 22.8 Å². The van der Waals surface area contributed by atoms with Gasteiger partial charge in [-0.05, 0) is 31.4 Å². The molecule has 0 aromatic heterocycles. The Hall–Kier alpha value is -2.51. The van der Waals surface area contributed by atoms with Gasteiger partial charge in [0.1, 0.15) is 11.8 Å². The number of benzene rings is 1.